The van der Waals surface area contributed by atoms with Crippen molar-refractivity contribution in [3.63, 3.8) is 0 Å². The molecule has 8 nitrogen and oxygen atoms in total. The van der Waals surface area contributed by atoms with Gasteiger partial charge in [-0.1, -0.05) is 18.2 Å². The van der Waals surface area contributed by atoms with Gasteiger partial charge in [0.15, 0.2) is 0 Å². The van der Waals surface area contributed by atoms with Crippen molar-refractivity contribution in [3.05, 3.63) is 42.0 Å². The van der Waals surface area contributed by atoms with Crippen LogP contribution in [0.4, 0.5) is 0 Å². The zero-order valence-electron chi connectivity index (χ0n) is 16.3. The van der Waals surface area contributed by atoms with Gasteiger partial charge in [0.05, 0.1) is 13.2 Å². The molecule has 0 amide bonds. The predicted octanol–water partition coefficient (Wildman–Crippen LogP) is 1.48. The average molecular weight is 392 g/mol. The van der Waals surface area contributed by atoms with Crippen LogP contribution < -0.4 is 4.74 Å². The molecule has 0 aliphatic carbocycles. The summed E-state index contributed by atoms with van der Waals surface area (Å²) in [7, 11) is 4.26. The van der Waals surface area contributed by atoms with Gasteiger partial charge in [-0.3, -0.25) is 4.90 Å². The van der Waals surface area contributed by atoms with Crippen LogP contribution in [0.5, 0.6) is 5.75 Å². The minimum atomic E-state index is -1.26. The summed E-state index contributed by atoms with van der Waals surface area (Å²) >= 11 is 0. The Morgan fingerprint density at radius 3 is 2.50 bits per heavy atom. The highest BCUT2D eigenvalue weighted by molar-refractivity contribution is 5.89. The molecule has 2 atom stereocenters. The fraction of sp³-hybridized carbons (Fsp3) is 0.500. The van der Waals surface area contributed by atoms with E-state index >= 15 is 0 Å². The molecule has 0 aromatic heterocycles. The smallest absolute Gasteiger partial charge is 0.328 e. The molecule has 1 aromatic rings. The fourth-order valence-corrected chi connectivity index (χ4v) is 3.28. The number of carboxylic acids is 2. The van der Waals surface area contributed by atoms with Crippen LogP contribution in [0.15, 0.2) is 36.4 Å². The third kappa shape index (κ3) is 6.63. The summed E-state index contributed by atoms with van der Waals surface area (Å²) in [6.45, 7) is 4.80. The Morgan fingerprint density at radius 1 is 1.18 bits per heavy atom. The summed E-state index contributed by atoms with van der Waals surface area (Å²) in [5.74, 6) is -1.52. The van der Waals surface area contributed by atoms with E-state index in [1.54, 1.807) is 0 Å². The number of benzene rings is 1. The topological polar surface area (TPSA) is 99.5 Å². The van der Waals surface area contributed by atoms with Gasteiger partial charge < -0.3 is 24.6 Å². The lowest BCUT2D eigenvalue weighted by Crippen LogP contribution is -2.49. The number of nitrogens with zero attached hydrogens (tertiary/aromatic N) is 2. The lowest BCUT2D eigenvalue weighted by molar-refractivity contribution is -0.134. The number of rotatable bonds is 5. The highest BCUT2D eigenvalue weighted by atomic mass is 16.5. The molecule has 1 aromatic carbocycles. The normalized spacial score (nSPS) is 21.7. The Bertz CT molecular complexity index is 675. The maximum absolute atomic E-state index is 9.55. The van der Waals surface area contributed by atoms with Crippen LogP contribution in [-0.4, -0.2) is 84.9 Å². The predicted molar refractivity (Wildman–Crippen MR) is 104 cm³/mol. The van der Waals surface area contributed by atoms with E-state index in [9.17, 15) is 9.59 Å². The molecular formula is C20H28N2O6. The molecule has 0 radical (unpaired) electrons. The number of aliphatic carboxylic acids is 2. The van der Waals surface area contributed by atoms with Crippen molar-refractivity contribution in [1.82, 2.24) is 9.80 Å². The minimum Gasteiger partial charge on any atom is -0.493 e. The number of hydrogen-bond donors (Lipinski definition) is 2. The molecule has 28 heavy (non-hydrogen) atoms. The maximum atomic E-state index is 9.55. The van der Waals surface area contributed by atoms with Crippen molar-refractivity contribution in [2.24, 2.45) is 0 Å². The zero-order chi connectivity index (χ0) is 20.5. The first-order chi connectivity index (χ1) is 13.4. The number of carboxylic acid groups (broad SMARTS) is 2. The molecule has 0 unspecified atom stereocenters. The molecule has 1 saturated heterocycles. The number of morpholine rings is 1. The second kappa shape index (κ2) is 10.8. The summed E-state index contributed by atoms with van der Waals surface area (Å²) in [6, 6.07) is 8.75. The van der Waals surface area contributed by atoms with Gasteiger partial charge in [-0.25, -0.2) is 9.59 Å². The van der Waals surface area contributed by atoms with Gasteiger partial charge in [-0.2, -0.15) is 0 Å². The van der Waals surface area contributed by atoms with Gasteiger partial charge in [0, 0.05) is 43.4 Å². The van der Waals surface area contributed by atoms with Crippen LogP contribution in [0, 0.1) is 0 Å². The van der Waals surface area contributed by atoms with Gasteiger partial charge in [0.2, 0.25) is 0 Å². The van der Waals surface area contributed by atoms with Crippen molar-refractivity contribution >= 4 is 11.9 Å². The Kier molecular flexibility index (Phi) is 8.43. The summed E-state index contributed by atoms with van der Waals surface area (Å²) < 4.78 is 12.0. The quantitative estimate of drug-likeness (QED) is 0.727. The van der Waals surface area contributed by atoms with Crippen LogP contribution in [0.3, 0.4) is 0 Å². The Labute approximate surface area is 165 Å². The first kappa shape index (κ1) is 21.9. The van der Waals surface area contributed by atoms with Crippen molar-refractivity contribution < 1.29 is 29.3 Å². The van der Waals surface area contributed by atoms with E-state index in [0.29, 0.717) is 18.2 Å². The summed E-state index contributed by atoms with van der Waals surface area (Å²) in [5, 5.41) is 15.6. The van der Waals surface area contributed by atoms with E-state index in [1.165, 1.54) is 5.56 Å². The second-order valence-corrected chi connectivity index (χ2v) is 6.88. The number of likely N-dealkylation sites (N-methyl/N-ethyl adjacent to an activating group) is 1. The average Bonchev–Trinajstić information content (AvgIpc) is 2.85. The van der Waals surface area contributed by atoms with Crippen molar-refractivity contribution in [1.29, 1.82) is 0 Å². The summed E-state index contributed by atoms with van der Waals surface area (Å²) in [4.78, 5) is 23.9. The molecule has 0 bridgehead atoms. The molecule has 1 fully saturated rings. The van der Waals surface area contributed by atoms with Crippen molar-refractivity contribution in [2.45, 2.75) is 18.6 Å². The van der Waals surface area contributed by atoms with Crippen molar-refractivity contribution in [3.8, 4) is 5.75 Å². The SMILES string of the molecule is CN(C)CCN1CCO[C@@H]2c3ccccc3OCC[C@H]21.O=C(O)/C=C\C(=O)O. The molecule has 2 N–H and O–H groups in total. The lowest BCUT2D eigenvalue weighted by atomic mass is 9.97. The van der Waals surface area contributed by atoms with E-state index in [1.807, 2.05) is 6.07 Å². The zero-order valence-corrected chi connectivity index (χ0v) is 16.3. The molecule has 8 heteroatoms. The lowest BCUT2D eigenvalue weighted by Gasteiger charge is -2.40. The number of para-hydroxylation sites is 1. The molecule has 2 heterocycles. The maximum Gasteiger partial charge on any atom is 0.328 e. The molecule has 2 aliphatic heterocycles. The Balaban J connectivity index is 0.000000300. The first-order valence-electron chi connectivity index (χ1n) is 9.24. The van der Waals surface area contributed by atoms with E-state index < -0.39 is 11.9 Å². The molecular weight excluding hydrogens is 364 g/mol. The highest BCUT2D eigenvalue weighted by Crippen LogP contribution is 2.37. The van der Waals surface area contributed by atoms with Crippen LogP contribution in [0.1, 0.15) is 18.1 Å². The highest BCUT2D eigenvalue weighted by Gasteiger charge is 2.36. The van der Waals surface area contributed by atoms with Gasteiger partial charge in [-0.05, 0) is 26.6 Å². The van der Waals surface area contributed by atoms with E-state index in [0.717, 1.165) is 45.0 Å². The number of ether oxygens (including phenoxy) is 2. The van der Waals surface area contributed by atoms with Gasteiger partial charge in [0.25, 0.3) is 0 Å². The third-order valence-electron chi connectivity index (χ3n) is 4.59. The van der Waals surface area contributed by atoms with E-state index in [4.69, 9.17) is 19.7 Å². The number of carbonyl (C=O) groups is 2. The van der Waals surface area contributed by atoms with Crippen LogP contribution in [-0.2, 0) is 14.3 Å². The van der Waals surface area contributed by atoms with Gasteiger partial charge in [0.1, 0.15) is 11.9 Å². The Hall–Kier alpha value is -2.42. The fourth-order valence-electron chi connectivity index (χ4n) is 3.28. The molecule has 3 rings (SSSR count). The summed E-state index contributed by atoms with van der Waals surface area (Å²) in [6.07, 6.45) is 2.31. The van der Waals surface area contributed by atoms with Crippen LogP contribution >= 0.6 is 0 Å². The van der Waals surface area contributed by atoms with Crippen LogP contribution in [0.25, 0.3) is 0 Å². The van der Waals surface area contributed by atoms with Gasteiger partial charge >= 0.3 is 11.9 Å². The molecule has 0 saturated carbocycles. The van der Waals surface area contributed by atoms with Crippen LogP contribution in [0.2, 0.25) is 0 Å². The molecule has 154 valence electrons. The number of fused-ring (bicyclic) bond motifs is 3. The standard InChI is InChI=1S/C16H24N2O2.C4H4O4/c1-17(2)8-9-18-10-12-20-16-13-5-3-4-6-15(13)19-11-7-14(16)18;5-3(6)1-2-4(7)8/h3-6,14,16H,7-12H2,1-2H3;1-2H,(H,5,6)(H,7,8)/b;2-1-/t14-,16-;/m1./s1. The first-order valence-corrected chi connectivity index (χ1v) is 9.24. The largest absolute Gasteiger partial charge is 0.493 e. The Morgan fingerprint density at radius 2 is 1.86 bits per heavy atom. The third-order valence-corrected chi connectivity index (χ3v) is 4.59. The molecule has 2 aliphatic rings. The van der Waals surface area contributed by atoms with Crippen molar-refractivity contribution in [2.75, 3.05) is 46.9 Å². The monoisotopic (exact) mass is 392 g/mol. The van der Waals surface area contributed by atoms with E-state index in [2.05, 4.69) is 42.1 Å². The minimum absolute atomic E-state index is 0.157. The summed E-state index contributed by atoms with van der Waals surface area (Å²) in [5.41, 5.74) is 1.21. The van der Waals surface area contributed by atoms with E-state index in [-0.39, 0.29) is 6.10 Å². The number of hydrogen-bond acceptors (Lipinski definition) is 6. The van der Waals surface area contributed by atoms with Gasteiger partial charge in [-0.15, -0.1) is 0 Å². The molecule has 0 spiro atoms. The second-order valence-electron chi connectivity index (χ2n) is 6.88.